The number of aromatic nitrogens is 2. The Morgan fingerprint density at radius 1 is 1.10 bits per heavy atom. The molecule has 0 fully saturated rings. The van der Waals surface area contributed by atoms with Crippen LogP contribution in [0, 0.1) is 5.82 Å². The van der Waals surface area contributed by atoms with Gasteiger partial charge in [-0.05, 0) is 55.0 Å². The summed E-state index contributed by atoms with van der Waals surface area (Å²) in [4.78, 5) is 16.6. The first-order chi connectivity index (χ1) is 14.2. The van der Waals surface area contributed by atoms with Crippen LogP contribution in [-0.2, 0) is 13.2 Å². The fourth-order valence-corrected chi connectivity index (χ4v) is 2.99. The van der Waals surface area contributed by atoms with Crippen molar-refractivity contribution >= 4 is 16.9 Å². The Balaban J connectivity index is 1.23. The number of halogens is 1. The Morgan fingerprint density at radius 3 is 2.79 bits per heavy atom. The molecule has 2 aromatic carbocycles. The molecule has 4 rings (SSSR count). The predicted molar refractivity (Wildman–Crippen MR) is 106 cm³/mol. The third kappa shape index (κ3) is 4.63. The highest BCUT2D eigenvalue weighted by Gasteiger charge is 2.11. The Morgan fingerprint density at radius 2 is 1.93 bits per heavy atom. The van der Waals surface area contributed by atoms with Crippen LogP contribution < -0.4 is 10.1 Å². The Hall–Kier alpha value is -3.61. The van der Waals surface area contributed by atoms with Crippen LogP contribution in [0.1, 0.15) is 22.7 Å². The molecule has 6 nitrogen and oxygen atoms in total. The van der Waals surface area contributed by atoms with Crippen molar-refractivity contribution in [1.82, 2.24) is 14.9 Å². The van der Waals surface area contributed by atoms with Gasteiger partial charge in [0, 0.05) is 13.1 Å². The van der Waals surface area contributed by atoms with Gasteiger partial charge >= 0.3 is 0 Å². The molecule has 0 unspecified atom stereocenters. The molecule has 0 spiro atoms. The van der Waals surface area contributed by atoms with Crippen LogP contribution in [0.15, 0.2) is 71.4 Å². The van der Waals surface area contributed by atoms with E-state index in [1.165, 1.54) is 24.3 Å². The third-order valence-electron chi connectivity index (χ3n) is 4.47. The van der Waals surface area contributed by atoms with E-state index in [2.05, 4.69) is 14.9 Å². The molecule has 29 heavy (non-hydrogen) atoms. The van der Waals surface area contributed by atoms with Gasteiger partial charge in [0.1, 0.15) is 23.9 Å². The molecule has 0 bridgehead atoms. The van der Waals surface area contributed by atoms with Crippen LogP contribution >= 0.6 is 0 Å². The Kier molecular flexibility index (Phi) is 5.56. The van der Waals surface area contributed by atoms with E-state index >= 15 is 0 Å². The molecule has 1 N–H and O–H groups in total. The van der Waals surface area contributed by atoms with Crippen molar-refractivity contribution in [3.63, 3.8) is 0 Å². The molecule has 0 aliphatic heterocycles. The van der Waals surface area contributed by atoms with Crippen molar-refractivity contribution in [3.05, 3.63) is 84.3 Å². The van der Waals surface area contributed by atoms with E-state index in [0.717, 1.165) is 24.0 Å². The maximum atomic E-state index is 12.9. The summed E-state index contributed by atoms with van der Waals surface area (Å²) in [6.45, 7) is 1.44. The predicted octanol–water partition coefficient (Wildman–Crippen LogP) is 4.17. The minimum Gasteiger partial charge on any atom is -0.486 e. The van der Waals surface area contributed by atoms with Crippen LogP contribution in [0.5, 0.6) is 5.75 Å². The quantitative estimate of drug-likeness (QED) is 0.456. The van der Waals surface area contributed by atoms with Crippen molar-refractivity contribution in [2.24, 2.45) is 0 Å². The number of nitrogens with one attached hydrogen (secondary N) is 1. The summed E-state index contributed by atoms with van der Waals surface area (Å²) in [7, 11) is 0. The second-order valence-corrected chi connectivity index (χ2v) is 6.54. The first-order valence-corrected chi connectivity index (χ1v) is 9.34. The number of fused-ring (bicyclic) bond motifs is 1. The second-order valence-electron chi connectivity index (χ2n) is 6.54. The van der Waals surface area contributed by atoms with Crippen LogP contribution in [-0.4, -0.2) is 22.0 Å². The van der Waals surface area contributed by atoms with Crippen molar-refractivity contribution in [3.8, 4) is 5.75 Å². The van der Waals surface area contributed by atoms with Crippen molar-refractivity contribution < 1.29 is 18.3 Å². The van der Waals surface area contributed by atoms with Crippen LogP contribution in [0.25, 0.3) is 11.0 Å². The number of imidazole rings is 1. The highest BCUT2D eigenvalue weighted by Crippen LogP contribution is 2.15. The van der Waals surface area contributed by atoms with Gasteiger partial charge in [-0.3, -0.25) is 4.79 Å². The molecular weight excluding hydrogens is 373 g/mol. The first-order valence-electron chi connectivity index (χ1n) is 9.34. The van der Waals surface area contributed by atoms with Gasteiger partial charge in [-0.1, -0.05) is 12.1 Å². The lowest BCUT2D eigenvalue weighted by molar-refractivity contribution is 0.0921. The van der Waals surface area contributed by atoms with Gasteiger partial charge in [0.2, 0.25) is 0 Å². The highest BCUT2D eigenvalue weighted by atomic mass is 19.1. The zero-order valence-electron chi connectivity index (χ0n) is 15.7. The van der Waals surface area contributed by atoms with Gasteiger partial charge in [0.05, 0.1) is 17.4 Å². The standard InChI is InChI=1S/C22H20FN3O3/c23-16-6-8-17(9-7-16)28-14-18-10-11-21(29-18)22(27)24-12-3-13-26-15-25-19-4-1-2-5-20(19)26/h1-2,4-11,15H,3,12-14H2,(H,24,27). The lowest BCUT2D eigenvalue weighted by Crippen LogP contribution is -2.24. The lowest BCUT2D eigenvalue weighted by Gasteiger charge is -2.06. The fraction of sp³-hybridized carbons (Fsp3) is 0.182. The summed E-state index contributed by atoms with van der Waals surface area (Å²) in [5.74, 6) is 0.685. The van der Waals surface area contributed by atoms with Crippen LogP contribution in [0.3, 0.4) is 0 Å². The zero-order chi connectivity index (χ0) is 20.1. The normalized spacial score (nSPS) is 10.9. The summed E-state index contributed by atoms with van der Waals surface area (Å²) < 4.78 is 26.0. The molecule has 0 radical (unpaired) electrons. The van der Waals surface area contributed by atoms with Gasteiger partial charge in [0.15, 0.2) is 5.76 Å². The van der Waals surface area contributed by atoms with Gasteiger partial charge in [-0.2, -0.15) is 0 Å². The molecule has 2 heterocycles. The van der Waals surface area contributed by atoms with Gasteiger partial charge in [-0.25, -0.2) is 9.37 Å². The van der Waals surface area contributed by atoms with E-state index in [-0.39, 0.29) is 24.1 Å². The van der Waals surface area contributed by atoms with Crippen LogP contribution in [0.4, 0.5) is 4.39 Å². The van der Waals surface area contributed by atoms with E-state index in [0.29, 0.717) is 18.1 Å². The van der Waals surface area contributed by atoms with Crippen molar-refractivity contribution in [2.75, 3.05) is 6.54 Å². The average molecular weight is 393 g/mol. The van der Waals surface area contributed by atoms with Crippen molar-refractivity contribution in [1.29, 1.82) is 0 Å². The van der Waals surface area contributed by atoms with E-state index in [9.17, 15) is 9.18 Å². The molecule has 4 aromatic rings. The average Bonchev–Trinajstić information content (AvgIpc) is 3.38. The molecule has 7 heteroatoms. The van der Waals surface area contributed by atoms with E-state index < -0.39 is 0 Å². The number of carbonyl (C=O) groups excluding carboxylic acids is 1. The molecule has 2 aromatic heterocycles. The van der Waals surface area contributed by atoms with E-state index in [4.69, 9.17) is 9.15 Å². The molecule has 0 aliphatic rings. The molecule has 0 saturated carbocycles. The fourth-order valence-electron chi connectivity index (χ4n) is 2.99. The maximum Gasteiger partial charge on any atom is 0.286 e. The number of rotatable bonds is 8. The SMILES string of the molecule is O=C(NCCCn1cnc2ccccc21)c1ccc(COc2ccc(F)cc2)o1. The largest absolute Gasteiger partial charge is 0.486 e. The number of hydrogen-bond acceptors (Lipinski definition) is 4. The minimum atomic E-state index is -0.324. The highest BCUT2D eigenvalue weighted by molar-refractivity contribution is 5.91. The number of carbonyl (C=O) groups is 1. The molecule has 0 saturated heterocycles. The zero-order valence-corrected chi connectivity index (χ0v) is 15.7. The number of para-hydroxylation sites is 2. The summed E-state index contributed by atoms with van der Waals surface area (Å²) in [6.07, 6.45) is 2.58. The molecular formula is C22H20FN3O3. The number of benzene rings is 2. The smallest absolute Gasteiger partial charge is 0.286 e. The van der Waals surface area contributed by atoms with Crippen molar-refractivity contribution in [2.45, 2.75) is 19.6 Å². The second kappa shape index (κ2) is 8.60. The minimum absolute atomic E-state index is 0.159. The Labute approximate surface area is 166 Å². The maximum absolute atomic E-state index is 12.9. The van der Waals surface area contributed by atoms with Gasteiger partial charge in [-0.15, -0.1) is 0 Å². The topological polar surface area (TPSA) is 69.3 Å². The number of ether oxygens (including phenoxy) is 1. The lowest BCUT2D eigenvalue weighted by atomic mass is 10.3. The molecule has 0 atom stereocenters. The number of furan rings is 1. The molecule has 148 valence electrons. The van der Waals surface area contributed by atoms with E-state index in [1.807, 2.05) is 30.6 Å². The number of aryl methyl sites for hydroxylation is 1. The number of hydrogen-bond donors (Lipinski definition) is 1. The van der Waals surface area contributed by atoms with Gasteiger partial charge in [0.25, 0.3) is 5.91 Å². The number of amides is 1. The number of nitrogens with zero attached hydrogens (tertiary/aromatic N) is 2. The summed E-state index contributed by atoms with van der Waals surface area (Å²) in [5.41, 5.74) is 2.04. The Bertz CT molecular complexity index is 1100. The van der Waals surface area contributed by atoms with Gasteiger partial charge < -0.3 is 19.0 Å². The third-order valence-corrected chi connectivity index (χ3v) is 4.47. The van der Waals surface area contributed by atoms with Crippen LogP contribution in [0.2, 0.25) is 0 Å². The first kappa shape index (κ1) is 18.7. The summed E-state index contributed by atoms with van der Waals surface area (Å²) >= 11 is 0. The molecule has 0 aliphatic carbocycles. The monoisotopic (exact) mass is 393 g/mol. The summed E-state index contributed by atoms with van der Waals surface area (Å²) in [6, 6.07) is 17.0. The summed E-state index contributed by atoms with van der Waals surface area (Å²) in [5, 5.41) is 2.85. The molecule has 1 amide bonds. The van der Waals surface area contributed by atoms with E-state index in [1.54, 1.807) is 12.1 Å².